The Morgan fingerprint density at radius 3 is 2.71 bits per heavy atom. The molecule has 5 heterocycles. The van der Waals surface area contributed by atoms with E-state index in [-0.39, 0.29) is 11.8 Å². The summed E-state index contributed by atoms with van der Waals surface area (Å²) in [5.41, 5.74) is 3.02. The molecule has 1 fully saturated rings. The normalized spacial score (nSPS) is 15.2. The molecule has 0 radical (unpaired) electrons. The van der Waals surface area contributed by atoms with Crippen molar-refractivity contribution < 1.29 is 4.79 Å². The lowest BCUT2D eigenvalue weighted by molar-refractivity contribution is 0.0705. The van der Waals surface area contributed by atoms with Gasteiger partial charge in [-0.3, -0.25) is 9.78 Å². The highest BCUT2D eigenvalue weighted by Crippen LogP contribution is 2.28. The third-order valence-electron chi connectivity index (χ3n) is 5.12. The van der Waals surface area contributed by atoms with E-state index in [9.17, 15) is 4.79 Å². The molecule has 0 unspecified atom stereocenters. The fourth-order valence-corrected chi connectivity index (χ4v) is 3.61. The van der Waals surface area contributed by atoms with Crippen molar-refractivity contribution >= 4 is 11.6 Å². The molecule has 0 bridgehead atoms. The quantitative estimate of drug-likeness (QED) is 0.587. The van der Waals surface area contributed by atoms with E-state index in [1.165, 1.54) is 6.33 Å². The first-order chi connectivity index (χ1) is 13.8. The van der Waals surface area contributed by atoms with Crippen LogP contribution in [0.25, 0.3) is 16.9 Å². The fourth-order valence-electron chi connectivity index (χ4n) is 3.61. The molecule has 0 aromatic carbocycles. The van der Waals surface area contributed by atoms with Gasteiger partial charge >= 0.3 is 0 Å². The topological polar surface area (TPSA) is 105 Å². The summed E-state index contributed by atoms with van der Waals surface area (Å²) in [5.74, 6) is 1.03. The molecule has 0 spiro atoms. The Labute approximate surface area is 160 Å². The molecule has 0 saturated carbocycles. The summed E-state index contributed by atoms with van der Waals surface area (Å²) in [6.45, 7) is 1.33. The van der Waals surface area contributed by atoms with E-state index in [1.807, 2.05) is 33.7 Å². The number of hydrogen-bond acceptors (Lipinski definition) is 6. The molecule has 140 valence electrons. The number of nitrogens with zero attached hydrogens (tertiary/aromatic N) is 7. The van der Waals surface area contributed by atoms with Gasteiger partial charge in [0.1, 0.15) is 5.69 Å². The monoisotopic (exact) mass is 374 g/mol. The van der Waals surface area contributed by atoms with E-state index in [0.29, 0.717) is 18.8 Å². The average Bonchev–Trinajstić information content (AvgIpc) is 3.44. The van der Waals surface area contributed by atoms with Crippen LogP contribution in [0.2, 0.25) is 0 Å². The van der Waals surface area contributed by atoms with Crippen LogP contribution in [0.15, 0.2) is 49.2 Å². The molecule has 1 aliphatic heterocycles. The lowest BCUT2D eigenvalue weighted by Gasteiger charge is -2.30. The number of fused-ring (bicyclic) bond motifs is 1. The summed E-state index contributed by atoms with van der Waals surface area (Å²) in [6, 6.07) is 7.71. The van der Waals surface area contributed by atoms with Gasteiger partial charge in [0.2, 0.25) is 0 Å². The molecule has 4 aromatic rings. The minimum absolute atomic E-state index is 0.0148. The van der Waals surface area contributed by atoms with Crippen molar-refractivity contribution in [3.63, 3.8) is 0 Å². The van der Waals surface area contributed by atoms with E-state index >= 15 is 0 Å². The van der Waals surface area contributed by atoms with E-state index < -0.39 is 0 Å². The van der Waals surface area contributed by atoms with Crippen LogP contribution in [-0.4, -0.2) is 58.7 Å². The number of carbonyl (C=O) groups excluding carboxylic acids is 1. The molecule has 0 aliphatic carbocycles. The number of hydrogen-bond donors (Lipinski definition) is 1. The molecule has 1 aliphatic rings. The van der Waals surface area contributed by atoms with Crippen LogP contribution in [0, 0.1) is 0 Å². The molecule has 5 rings (SSSR count). The van der Waals surface area contributed by atoms with Crippen LogP contribution in [0.5, 0.6) is 0 Å². The molecule has 4 aromatic heterocycles. The van der Waals surface area contributed by atoms with Crippen molar-refractivity contribution in [1.82, 2.24) is 39.7 Å². The molecule has 0 atom stereocenters. The Bertz CT molecular complexity index is 1100. The van der Waals surface area contributed by atoms with Gasteiger partial charge in [0.15, 0.2) is 11.5 Å². The molecule has 1 amide bonds. The van der Waals surface area contributed by atoms with Crippen LogP contribution in [-0.2, 0) is 0 Å². The Morgan fingerprint density at radius 2 is 1.96 bits per heavy atom. The minimum Gasteiger partial charge on any atom is -0.341 e. The zero-order valence-electron chi connectivity index (χ0n) is 15.1. The Hall–Kier alpha value is -3.62. The number of nitrogens with one attached hydrogen (secondary N) is 1. The first-order valence-corrected chi connectivity index (χ1v) is 9.20. The number of H-pyrrole nitrogens is 1. The van der Waals surface area contributed by atoms with Gasteiger partial charge in [-0.15, -0.1) is 10.2 Å². The first kappa shape index (κ1) is 16.5. The fraction of sp³-hybridized carbons (Fsp3) is 0.263. The molecule has 1 N–H and O–H groups in total. The van der Waals surface area contributed by atoms with Crippen LogP contribution in [0.1, 0.15) is 35.1 Å². The van der Waals surface area contributed by atoms with Crippen LogP contribution in [0.4, 0.5) is 0 Å². The maximum atomic E-state index is 12.5. The van der Waals surface area contributed by atoms with E-state index in [4.69, 9.17) is 5.10 Å². The predicted octanol–water partition coefficient (Wildman–Crippen LogP) is 1.93. The Kier molecular flexibility index (Phi) is 4.04. The third kappa shape index (κ3) is 2.90. The van der Waals surface area contributed by atoms with Gasteiger partial charge in [-0.25, -0.2) is 4.98 Å². The Morgan fingerprint density at radius 1 is 1.07 bits per heavy atom. The zero-order chi connectivity index (χ0) is 18.9. The van der Waals surface area contributed by atoms with Gasteiger partial charge in [-0.05, 0) is 37.1 Å². The Balaban J connectivity index is 1.37. The van der Waals surface area contributed by atoms with Crippen LogP contribution >= 0.6 is 0 Å². The van der Waals surface area contributed by atoms with Gasteiger partial charge in [0.25, 0.3) is 5.91 Å². The number of aromatic nitrogens is 7. The van der Waals surface area contributed by atoms with Crippen LogP contribution in [0.3, 0.4) is 0 Å². The van der Waals surface area contributed by atoms with Crippen molar-refractivity contribution in [1.29, 1.82) is 0 Å². The first-order valence-electron chi connectivity index (χ1n) is 9.20. The lowest BCUT2D eigenvalue weighted by Crippen LogP contribution is -2.38. The van der Waals surface area contributed by atoms with Crippen molar-refractivity contribution in [3.8, 4) is 11.3 Å². The van der Waals surface area contributed by atoms with Crippen molar-refractivity contribution in [2.24, 2.45) is 0 Å². The lowest BCUT2D eigenvalue weighted by atomic mass is 9.96. The number of likely N-dealkylation sites (tertiary alicyclic amines) is 1. The van der Waals surface area contributed by atoms with E-state index in [2.05, 4.69) is 25.1 Å². The zero-order valence-corrected chi connectivity index (χ0v) is 15.1. The highest BCUT2D eigenvalue weighted by molar-refractivity contribution is 5.92. The SMILES string of the molecule is O=C(c1cnc[nH]1)N1CCC(c2nnc3ccc(-c4cccnc4)nn23)CC1. The van der Waals surface area contributed by atoms with Crippen molar-refractivity contribution in [2.45, 2.75) is 18.8 Å². The molecule has 28 heavy (non-hydrogen) atoms. The van der Waals surface area contributed by atoms with Gasteiger partial charge in [0, 0.05) is 37.0 Å². The van der Waals surface area contributed by atoms with Gasteiger partial charge in [-0.1, -0.05) is 0 Å². The average molecular weight is 374 g/mol. The maximum absolute atomic E-state index is 12.5. The maximum Gasteiger partial charge on any atom is 0.271 e. The number of pyridine rings is 1. The van der Waals surface area contributed by atoms with Gasteiger partial charge in [0.05, 0.1) is 18.2 Å². The number of rotatable bonds is 3. The number of imidazole rings is 1. The number of amides is 1. The molecular formula is C19H18N8O. The summed E-state index contributed by atoms with van der Waals surface area (Å²) < 4.78 is 1.82. The van der Waals surface area contributed by atoms with E-state index in [0.717, 1.165) is 35.6 Å². The second kappa shape index (κ2) is 6.84. The van der Waals surface area contributed by atoms with Gasteiger partial charge < -0.3 is 9.88 Å². The highest BCUT2D eigenvalue weighted by Gasteiger charge is 2.28. The minimum atomic E-state index is -0.0148. The number of carbonyl (C=O) groups is 1. The molecular weight excluding hydrogens is 356 g/mol. The second-order valence-corrected chi connectivity index (χ2v) is 6.82. The van der Waals surface area contributed by atoms with Crippen molar-refractivity contribution in [3.05, 3.63) is 60.7 Å². The summed E-state index contributed by atoms with van der Waals surface area (Å²) in [6.07, 6.45) is 8.25. The molecule has 1 saturated heterocycles. The number of aromatic amines is 1. The standard InChI is InChI=1S/C19H18N8O/c28-19(16-11-21-12-22-16)26-8-5-13(6-9-26)18-24-23-17-4-3-15(25-27(17)18)14-2-1-7-20-10-14/h1-4,7,10-13H,5-6,8-9H2,(H,21,22). The molecule has 9 nitrogen and oxygen atoms in total. The smallest absolute Gasteiger partial charge is 0.271 e. The predicted molar refractivity (Wildman–Crippen MR) is 100 cm³/mol. The van der Waals surface area contributed by atoms with E-state index in [1.54, 1.807) is 18.6 Å². The highest BCUT2D eigenvalue weighted by atomic mass is 16.2. The van der Waals surface area contributed by atoms with Crippen molar-refractivity contribution in [2.75, 3.05) is 13.1 Å². The summed E-state index contributed by atoms with van der Waals surface area (Å²) >= 11 is 0. The molecule has 9 heteroatoms. The number of piperidine rings is 1. The van der Waals surface area contributed by atoms with Crippen LogP contribution < -0.4 is 0 Å². The van der Waals surface area contributed by atoms with Gasteiger partial charge in [-0.2, -0.15) is 9.61 Å². The summed E-state index contributed by atoms with van der Waals surface area (Å²) in [4.78, 5) is 25.3. The summed E-state index contributed by atoms with van der Waals surface area (Å²) in [7, 11) is 0. The largest absolute Gasteiger partial charge is 0.341 e. The second-order valence-electron chi connectivity index (χ2n) is 6.82. The third-order valence-corrected chi connectivity index (χ3v) is 5.12. The summed E-state index contributed by atoms with van der Waals surface area (Å²) in [5, 5.41) is 13.4.